The molecule has 0 amide bonds. The summed E-state index contributed by atoms with van der Waals surface area (Å²) in [5.74, 6) is -1.00. The fourth-order valence-corrected chi connectivity index (χ4v) is 1.54. The van der Waals surface area contributed by atoms with Gasteiger partial charge in [-0.3, -0.25) is 4.79 Å². The van der Waals surface area contributed by atoms with E-state index >= 15 is 0 Å². The highest BCUT2D eigenvalue weighted by Crippen LogP contribution is 2.08. The number of hydrogen-bond acceptors (Lipinski definition) is 4. The predicted molar refractivity (Wildman–Crippen MR) is 80.0 cm³/mol. The van der Waals surface area contributed by atoms with Crippen LogP contribution in [0.5, 0.6) is 0 Å². The van der Waals surface area contributed by atoms with Crippen molar-refractivity contribution < 1.29 is 9.90 Å². The summed E-state index contributed by atoms with van der Waals surface area (Å²) in [6.07, 6.45) is 0. The molecule has 5 heteroatoms. The first-order valence-corrected chi connectivity index (χ1v) is 6.29. The van der Waals surface area contributed by atoms with Crippen molar-refractivity contribution in [3.8, 4) is 6.07 Å². The summed E-state index contributed by atoms with van der Waals surface area (Å²) in [7, 11) is 0. The van der Waals surface area contributed by atoms with Crippen LogP contribution >= 0.6 is 0 Å². The number of nitrogens with two attached hydrogens (primary N) is 2. The normalized spacial score (nSPS) is 12.2. The van der Waals surface area contributed by atoms with Gasteiger partial charge in [-0.1, -0.05) is 60.7 Å². The first kappa shape index (κ1) is 16.4. The Hall–Kier alpha value is -2.68. The molecule has 2 unspecified atom stereocenters. The lowest BCUT2D eigenvalue weighted by molar-refractivity contribution is -0.138. The van der Waals surface area contributed by atoms with E-state index in [1.807, 2.05) is 42.5 Å². The third-order valence-electron chi connectivity index (χ3n) is 2.72. The van der Waals surface area contributed by atoms with Gasteiger partial charge in [0.05, 0.1) is 6.07 Å². The minimum Gasteiger partial charge on any atom is -0.480 e. The average Bonchev–Trinajstić information content (AvgIpc) is 2.55. The largest absolute Gasteiger partial charge is 0.480 e. The van der Waals surface area contributed by atoms with Gasteiger partial charge in [0.1, 0.15) is 12.1 Å². The lowest BCUT2D eigenvalue weighted by Crippen LogP contribution is -2.20. The summed E-state index contributed by atoms with van der Waals surface area (Å²) in [6.45, 7) is 0. The highest BCUT2D eigenvalue weighted by molar-refractivity contribution is 5.75. The van der Waals surface area contributed by atoms with Crippen molar-refractivity contribution in [3.05, 3.63) is 71.8 Å². The minimum atomic E-state index is -1.00. The van der Waals surface area contributed by atoms with Gasteiger partial charge in [-0.15, -0.1) is 0 Å². The highest BCUT2D eigenvalue weighted by Gasteiger charge is 2.12. The molecule has 0 radical (unpaired) electrons. The molecule has 0 bridgehead atoms. The van der Waals surface area contributed by atoms with Gasteiger partial charge in [-0.2, -0.15) is 5.26 Å². The second-order valence-electron chi connectivity index (χ2n) is 4.24. The predicted octanol–water partition coefficient (Wildman–Crippen LogP) is 1.98. The fourth-order valence-electron chi connectivity index (χ4n) is 1.54. The molecule has 2 atom stereocenters. The molecule has 5 nitrogen and oxygen atoms in total. The van der Waals surface area contributed by atoms with E-state index in [-0.39, 0.29) is 0 Å². The van der Waals surface area contributed by atoms with Gasteiger partial charge in [0.25, 0.3) is 0 Å². The van der Waals surface area contributed by atoms with E-state index in [2.05, 4.69) is 0 Å². The average molecular weight is 283 g/mol. The molecular weight excluding hydrogens is 266 g/mol. The van der Waals surface area contributed by atoms with Crippen LogP contribution in [0.15, 0.2) is 60.7 Å². The first-order valence-electron chi connectivity index (χ1n) is 6.29. The Morgan fingerprint density at radius 1 is 0.952 bits per heavy atom. The molecule has 108 valence electrons. The molecule has 2 rings (SSSR count). The minimum absolute atomic E-state index is 0.485. The number of benzene rings is 2. The zero-order chi connectivity index (χ0) is 15.7. The molecular formula is C16H17N3O2. The van der Waals surface area contributed by atoms with Crippen LogP contribution in [0.1, 0.15) is 23.2 Å². The van der Waals surface area contributed by atoms with Gasteiger partial charge in [-0.05, 0) is 11.1 Å². The summed E-state index contributed by atoms with van der Waals surface area (Å²) in [4.78, 5) is 10.4. The van der Waals surface area contributed by atoms with E-state index in [0.717, 1.165) is 5.56 Å². The first-order chi connectivity index (χ1) is 10.1. The Bertz CT molecular complexity index is 594. The Kier molecular flexibility index (Phi) is 6.61. The maximum Gasteiger partial charge on any atom is 0.325 e. The lowest BCUT2D eigenvalue weighted by atomic mass is 10.1. The number of rotatable bonds is 3. The molecule has 2 aromatic rings. The van der Waals surface area contributed by atoms with Crippen LogP contribution in [0.2, 0.25) is 0 Å². The number of aliphatic carboxylic acids is 1. The number of nitriles is 1. The second-order valence-corrected chi connectivity index (χ2v) is 4.24. The Morgan fingerprint density at radius 3 is 1.76 bits per heavy atom. The van der Waals surface area contributed by atoms with Gasteiger partial charge in [-0.25, -0.2) is 0 Å². The van der Waals surface area contributed by atoms with E-state index in [0.29, 0.717) is 5.56 Å². The van der Waals surface area contributed by atoms with Gasteiger partial charge >= 0.3 is 5.97 Å². The summed E-state index contributed by atoms with van der Waals surface area (Å²) >= 11 is 0. The third-order valence-corrected chi connectivity index (χ3v) is 2.72. The maximum atomic E-state index is 10.4. The van der Waals surface area contributed by atoms with Crippen LogP contribution < -0.4 is 11.5 Å². The second kappa shape index (κ2) is 8.48. The summed E-state index contributed by atoms with van der Waals surface area (Å²) in [6, 6.07) is 18.6. The fraction of sp³-hybridized carbons (Fsp3) is 0.125. The maximum absolute atomic E-state index is 10.4. The number of hydrogen-bond donors (Lipinski definition) is 3. The Balaban J connectivity index is 0.000000211. The SMILES string of the molecule is N#CC(N)c1ccccc1.NC(C(=O)O)c1ccccc1. The van der Waals surface area contributed by atoms with E-state index in [9.17, 15) is 4.79 Å². The number of carbonyl (C=O) groups is 1. The molecule has 0 aliphatic rings. The summed E-state index contributed by atoms with van der Waals surface area (Å²) < 4.78 is 0. The summed E-state index contributed by atoms with van der Waals surface area (Å²) in [5.41, 5.74) is 12.3. The van der Waals surface area contributed by atoms with Crippen LogP contribution in [0.4, 0.5) is 0 Å². The molecule has 0 spiro atoms. The summed E-state index contributed by atoms with van der Waals surface area (Å²) in [5, 5.41) is 16.9. The highest BCUT2D eigenvalue weighted by atomic mass is 16.4. The van der Waals surface area contributed by atoms with Crippen LogP contribution in [0, 0.1) is 11.3 Å². The molecule has 0 aliphatic heterocycles. The molecule has 5 N–H and O–H groups in total. The van der Waals surface area contributed by atoms with Crippen molar-refractivity contribution in [2.45, 2.75) is 12.1 Å². The van der Waals surface area contributed by atoms with Crippen molar-refractivity contribution in [3.63, 3.8) is 0 Å². The van der Waals surface area contributed by atoms with Crippen molar-refractivity contribution in [2.24, 2.45) is 11.5 Å². The van der Waals surface area contributed by atoms with Crippen molar-refractivity contribution in [1.82, 2.24) is 0 Å². The van der Waals surface area contributed by atoms with Crippen LogP contribution in [-0.2, 0) is 4.79 Å². The van der Waals surface area contributed by atoms with Crippen molar-refractivity contribution in [2.75, 3.05) is 0 Å². The molecule has 0 heterocycles. The standard InChI is InChI=1S/C8H8N2.C8H9NO2/c9-6-8(10)7-4-2-1-3-5-7;9-7(8(10)11)6-4-2-1-3-5-6/h1-5,8H,10H2;1-5,7H,9H2,(H,10,11). The Morgan fingerprint density at radius 2 is 1.38 bits per heavy atom. The van der Waals surface area contributed by atoms with Crippen molar-refractivity contribution in [1.29, 1.82) is 5.26 Å². The number of carboxylic acids is 1. The molecule has 0 aromatic heterocycles. The molecule has 0 saturated heterocycles. The molecule has 0 fully saturated rings. The zero-order valence-electron chi connectivity index (χ0n) is 11.4. The monoisotopic (exact) mass is 283 g/mol. The van der Waals surface area contributed by atoms with Crippen LogP contribution in [0.25, 0.3) is 0 Å². The molecule has 0 saturated carbocycles. The third kappa shape index (κ3) is 5.45. The van der Waals surface area contributed by atoms with E-state index in [1.165, 1.54) is 0 Å². The van der Waals surface area contributed by atoms with Gasteiger partial charge in [0, 0.05) is 0 Å². The van der Waals surface area contributed by atoms with Gasteiger partial charge < -0.3 is 16.6 Å². The van der Waals surface area contributed by atoms with Gasteiger partial charge in [0.2, 0.25) is 0 Å². The lowest BCUT2D eigenvalue weighted by Gasteiger charge is -2.04. The topological polar surface area (TPSA) is 113 Å². The quantitative estimate of drug-likeness (QED) is 0.797. The van der Waals surface area contributed by atoms with Crippen LogP contribution in [0.3, 0.4) is 0 Å². The zero-order valence-corrected chi connectivity index (χ0v) is 11.4. The molecule has 0 aliphatic carbocycles. The van der Waals surface area contributed by atoms with E-state index in [4.69, 9.17) is 21.8 Å². The molecule has 2 aromatic carbocycles. The smallest absolute Gasteiger partial charge is 0.325 e. The van der Waals surface area contributed by atoms with E-state index in [1.54, 1.807) is 24.3 Å². The van der Waals surface area contributed by atoms with E-state index < -0.39 is 18.1 Å². The Labute approximate surface area is 123 Å². The molecule has 21 heavy (non-hydrogen) atoms. The van der Waals surface area contributed by atoms with Crippen LogP contribution in [-0.4, -0.2) is 11.1 Å². The number of carboxylic acid groups (broad SMARTS) is 1. The number of nitrogens with zero attached hydrogens (tertiary/aromatic N) is 1. The van der Waals surface area contributed by atoms with Gasteiger partial charge in [0.15, 0.2) is 0 Å². The van der Waals surface area contributed by atoms with Crippen molar-refractivity contribution >= 4 is 5.97 Å².